The summed E-state index contributed by atoms with van der Waals surface area (Å²) in [5, 5.41) is 9.74. The van der Waals surface area contributed by atoms with Crippen LogP contribution in [-0.4, -0.2) is 29.8 Å². The van der Waals surface area contributed by atoms with Gasteiger partial charge in [-0.3, -0.25) is 4.79 Å². The molecule has 2 aromatic rings. The highest BCUT2D eigenvalue weighted by atomic mass is 32.1. The fraction of sp³-hybridized carbons (Fsp3) is 0.333. The predicted octanol–water partition coefficient (Wildman–Crippen LogP) is 2.98. The van der Waals surface area contributed by atoms with Crippen molar-refractivity contribution in [3.05, 3.63) is 34.8 Å². The van der Waals surface area contributed by atoms with Crippen LogP contribution in [0.2, 0.25) is 0 Å². The van der Waals surface area contributed by atoms with E-state index in [1.165, 1.54) is 11.3 Å². The van der Waals surface area contributed by atoms with Crippen molar-refractivity contribution in [3.63, 3.8) is 0 Å². The Morgan fingerprint density at radius 3 is 2.81 bits per heavy atom. The minimum absolute atomic E-state index is 0.0485. The first-order valence-corrected chi connectivity index (χ1v) is 7.38. The summed E-state index contributed by atoms with van der Waals surface area (Å²) in [7, 11) is 1.57. The second kappa shape index (κ2) is 7.19. The van der Waals surface area contributed by atoms with Gasteiger partial charge >= 0.3 is 5.97 Å². The minimum Gasteiger partial charge on any atom is -0.493 e. The summed E-state index contributed by atoms with van der Waals surface area (Å²) in [6.45, 7) is 2.79. The molecule has 0 fully saturated rings. The van der Waals surface area contributed by atoms with Gasteiger partial charge < -0.3 is 14.6 Å². The third-order valence-corrected chi connectivity index (χ3v) is 3.92. The molecular weight excluding hydrogens is 290 g/mol. The van der Waals surface area contributed by atoms with E-state index >= 15 is 0 Å². The molecule has 1 heterocycles. The molecule has 0 saturated heterocycles. The highest BCUT2D eigenvalue weighted by Gasteiger charge is 2.17. The molecule has 6 heteroatoms. The van der Waals surface area contributed by atoms with Crippen LogP contribution in [0.25, 0.3) is 10.6 Å². The van der Waals surface area contributed by atoms with Gasteiger partial charge in [0.2, 0.25) is 0 Å². The first kappa shape index (κ1) is 15.5. The SMILES string of the molecule is CCOc1ccccc1-c1nc(COC)c(CC(=O)O)s1. The molecule has 0 unspecified atom stereocenters. The second-order valence-corrected chi connectivity index (χ2v) is 5.41. The van der Waals surface area contributed by atoms with Crippen LogP contribution in [0.15, 0.2) is 24.3 Å². The molecule has 0 radical (unpaired) electrons. The molecule has 0 spiro atoms. The molecule has 0 amide bonds. The van der Waals surface area contributed by atoms with Crippen LogP contribution in [0.3, 0.4) is 0 Å². The summed E-state index contributed by atoms with van der Waals surface area (Å²) in [5.41, 5.74) is 1.55. The van der Waals surface area contributed by atoms with Crippen molar-refractivity contribution in [2.24, 2.45) is 0 Å². The lowest BCUT2D eigenvalue weighted by Crippen LogP contribution is -2.01. The minimum atomic E-state index is -0.874. The fourth-order valence-corrected chi connectivity index (χ4v) is 3.03. The summed E-state index contributed by atoms with van der Waals surface area (Å²) in [6, 6.07) is 7.61. The van der Waals surface area contributed by atoms with Crippen molar-refractivity contribution >= 4 is 17.3 Å². The standard InChI is InChI=1S/C15H17NO4S/c1-3-20-12-7-5-4-6-10(12)15-16-11(9-19-2)13(21-15)8-14(17)18/h4-7H,3,8-9H2,1-2H3,(H,17,18). The van der Waals surface area contributed by atoms with Crippen LogP contribution in [0.5, 0.6) is 5.75 Å². The van der Waals surface area contributed by atoms with E-state index in [1.54, 1.807) is 7.11 Å². The Balaban J connectivity index is 2.42. The third kappa shape index (κ3) is 3.80. The highest BCUT2D eigenvalue weighted by molar-refractivity contribution is 7.15. The Morgan fingerprint density at radius 1 is 1.38 bits per heavy atom. The van der Waals surface area contributed by atoms with Crippen molar-refractivity contribution in [1.82, 2.24) is 4.98 Å². The van der Waals surface area contributed by atoms with Gasteiger partial charge in [-0.05, 0) is 19.1 Å². The van der Waals surface area contributed by atoms with Crippen LogP contribution in [-0.2, 0) is 22.6 Å². The molecule has 1 aromatic heterocycles. The zero-order valence-electron chi connectivity index (χ0n) is 12.0. The van der Waals surface area contributed by atoms with Gasteiger partial charge in [0, 0.05) is 12.0 Å². The number of hydrogen-bond acceptors (Lipinski definition) is 5. The van der Waals surface area contributed by atoms with Crippen LogP contribution < -0.4 is 4.74 Å². The molecule has 0 bridgehead atoms. The lowest BCUT2D eigenvalue weighted by atomic mass is 10.2. The molecule has 5 nitrogen and oxygen atoms in total. The van der Waals surface area contributed by atoms with Gasteiger partial charge in [0.05, 0.1) is 30.9 Å². The molecule has 0 atom stereocenters. The van der Waals surface area contributed by atoms with E-state index in [0.29, 0.717) is 23.8 Å². The number of carbonyl (C=O) groups is 1. The number of rotatable bonds is 7. The Kier molecular flexibility index (Phi) is 5.30. The normalized spacial score (nSPS) is 10.6. The van der Waals surface area contributed by atoms with E-state index in [2.05, 4.69) is 4.98 Å². The number of carboxylic acids is 1. The number of para-hydroxylation sites is 1. The Morgan fingerprint density at radius 2 is 2.14 bits per heavy atom. The van der Waals surface area contributed by atoms with Crippen LogP contribution in [0.1, 0.15) is 17.5 Å². The molecule has 2 rings (SSSR count). The zero-order chi connectivity index (χ0) is 15.2. The average molecular weight is 307 g/mol. The summed E-state index contributed by atoms with van der Waals surface area (Å²) in [5.74, 6) is -0.125. The molecule has 0 aliphatic rings. The summed E-state index contributed by atoms with van der Waals surface area (Å²) in [4.78, 5) is 16.2. The van der Waals surface area contributed by atoms with Crippen molar-refractivity contribution in [3.8, 4) is 16.3 Å². The quantitative estimate of drug-likeness (QED) is 0.851. The molecule has 112 valence electrons. The van der Waals surface area contributed by atoms with E-state index in [4.69, 9.17) is 14.6 Å². The van der Waals surface area contributed by atoms with Crippen LogP contribution in [0.4, 0.5) is 0 Å². The summed E-state index contributed by atoms with van der Waals surface area (Å²) in [6.07, 6.45) is -0.0485. The molecule has 0 aliphatic heterocycles. The number of methoxy groups -OCH3 is 1. The van der Waals surface area contributed by atoms with E-state index < -0.39 is 5.97 Å². The van der Waals surface area contributed by atoms with Crippen LogP contribution in [0, 0.1) is 0 Å². The topological polar surface area (TPSA) is 68.7 Å². The monoisotopic (exact) mass is 307 g/mol. The Hall–Kier alpha value is -1.92. The molecule has 21 heavy (non-hydrogen) atoms. The van der Waals surface area contributed by atoms with E-state index in [0.717, 1.165) is 16.3 Å². The third-order valence-electron chi connectivity index (χ3n) is 2.79. The maximum Gasteiger partial charge on any atom is 0.308 e. The van der Waals surface area contributed by atoms with Crippen molar-refractivity contribution in [2.75, 3.05) is 13.7 Å². The van der Waals surface area contributed by atoms with E-state index in [9.17, 15) is 4.79 Å². The predicted molar refractivity (Wildman–Crippen MR) is 80.8 cm³/mol. The van der Waals surface area contributed by atoms with Gasteiger partial charge in [0.15, 0.2) is 0 Å². The number of nitrogens with zero attached hydrogens (tertiary/aromatic N) is 1. The van der Waals surface area contributed by atoms with Crippen molar-refractivity contribution in [2.45, 2.75) is 20.0 Å². The van der Waals surface area contributed by atoms with Crippen molar-refractivity contribution in [1.29, 1.82) is 0 Å². The number of aliphatic carboxylic acids is 1. The second-order valence-electron chi connectivity index (χ2n) is 4.32. The van der Waals surface area contributed by atoms with Gasteiger partial charge in [0.25, 0.3) is 0 Å². The maximum absolute atomic E-state index is 11.0. The number of thiazole rings is 1. The lowest BCUT2D eigenvalue weighted by Gasteiger charge is -2.07. The molecule has 0 aliphatic carbocycles. The fourth-order valence-electron chi connectivity index (χ4n) is 1.95. The molecule has 1 aromatic carbocycles. The Labute approximate surface area is 127 Å². The number of ether oxygens (including phenoxy) is 2. The van der Waals surface area contributed by atoms with Crippen LogP contribution >= 0.6 is 11.3 Å². The van der Waals surface area contributed by atoms with Crippen molar-refractivity contribution < 1.29 is 19.4 Å². The van der Waals surface area contributed by atoms with Gasteiger partial charge in [-0.1, -0.05) is 12.1 Å². The van der Waals surface area contributed by atoms with E-state index in [1.807, 2.05) is 31.2 Å². The maximum atomic E-state index is 11.0. The average Bonchev–Trinajstić information content (AvgIpc) is 2.82. The summed E-state index contributed by atoms with van der Waals surface area (Å²) < 4.78 is 10.7. The largest absolute Gasteiger partial charge is 0.493 e. The van der Waals surface area contributed by atoms with Gasteiger partial charge in [-0.2, -0.15) is 0 Å². The first-order valence-electron chi connectivity index (χ1n) is 6.57. The highest BCUT2D eigenvalue weighted by Crippen LogP contribution is 2.35. The Bertz CT molecular complexity index is 624. The number of hydrogen-bond donors (Lipinski definition) is 1. The molecular formula is C15H17NO4S. The van der Waals surface area contributed by atoms with Gasteiger partial charge in [0.1, 0.15) is 10.8 Å². The number of benzene rings is 1. The smallest absolute Gasteiger partial charge is 0.308 e. The molecule has 0 saturated carbocycles. The van der Waals surface area contributed by atoms with E-state index in [-0.39, 0.29) is 6.42 Å². The van der Waals surface area contributed by atoms with Gasteiger partial charge in [-0.25, -0.2) is 4.98 Å². The van der Waals surface area contributed by atoms with Gasteiger partial charge in [-0.15, -0.1) is 11.3 Å². The zero-order valence-corrected chi connectivity index (χ0v) is 12.8. The number of aromatic nitrogens is 1. The summed E-state index contributed by atoms with van der Waals surface area (Å²) >= 11 is 1.37. The molecule has 1 N–H and O–H groups in total. The number of carboxylic acid groups (broad SMARTS) is 1. The lowest BCUT2D eigenvalue weighted by molar-refractivity contribution is -0.136. The first-order chi connectivity index (χ1) is 10.2.